The Morgan fingerprint density at radius 3 is 2.44 bits per heavy atom. The van der Waals surface area contributed by atoms with E-state index in [2.05, 4.69) is 6.92 Å². The number of carbonyl (C=O) groups is 1. The van der Waals surface area contributed by atoms with Gasteiger partial charge in [-0.3, -0.25) is 0 Å². The van der Waals surface area contributed by atoms with Crippen molar-refractivity contribution in [3.63, 3.8) is 0 Å². The first-order valence-electron chi connectivity index (χ1n) is 7.30. The Bertz CT molecular complexity index is 174. The zero-order valence-corrected chi connectivity index (χ0v) is 12.1. The van der Waals surface area contributed by atoms with E-state index in [0.717, 1.165) is 18.6 Å². The first-order valence-corrected chi connectivity index (χ1v) is 9.75. The molecule has 0 unspecified atom stereocenters. The van der Waals surface area contributed by atoms with Gasteiger partial charge in [-0.15, -0.1) is 0 Å². The van der Waals surface area contributed by atoms with Crippen LogP contribution in [0.2, 0.25) is 18.1 Å². The molecule has 1 heterocycles. The van der Waals surface area contributed by atoms with E-state index in [9.17, 15) is 4.79 Å². The second-order valence-electron chi connectivity index (χ2n) is 5.49. The second-order valence-corrected chi connectivity index (χ2v) is 8.96. The van der Waals surface area contributed by atoms with Crippen LogP contribution in [-0.2, 0) is 4.79 Å². The average Bonchev–Trinajstić information content (AvgIpc) is 2.31. The molecule has 0 spiro atoms. The molecule has 0 atom stereocenters. The van der Waals surface area contributed by atoms with Crippen LogP contribution >= 0.6 is 0 Å². The van der Waals surface area contributed by atoms with Gasteiger partial charge in [-0.05, 0) is 5.92 Å². The fraction of sp³-hybridized carbons (Fsp3) is 0.929. The van der Waals surface area contributed by atoms with Gasteiger partial charge >= 0.3 is 0 Å². The maximum atomic E-state index is 10.4. The summed E-state index contributed by atoms with van der Waals surface area (Å²) < 4.78 is 0. The van der Waals surface area contributed by atoms with Crippen molar-refractivity contribution in [2.45, 2.75) is 76.4 Å². The van der Waals surface area contributed by atoms with E-state index in [1.54, 1.807) is 6.04 Å². The second kappa shape index (κ2) is 8.97. The lowest BCUT2D eigenvalue weighted by molar-refractivity contribution is -0.108. The van der Waals surface area contributed by atoms with Crippen LogP contribution in [0.3, 0.4) is 0 Å². The molecule has 1 rings (SSSR count). The topological polar surface area (TPSA) is 17.1 Å². The van der Waals surface area contributed by atoms with Crippen molar-refractivity contribution in [2.24, 2.45) is 5.92 Å². The van der Waals surface area contributed by atoms with Gasteiger partial charge in [0.25, 0.3) is 0 Å². The quantitative estimate of drug-likeness (QED) is 0.353. The van der Waals surface area contributed by atoms with Crippen molar-refractivity contribution in [1.29, 1.82) is 0 Å². The molecule has 0 N–H and O–H groups in total. The minimum Gasteiger partial charge on any atom is -0.303 e. The molecule has 0 aromatic heterocycles. The number of rotatable bonds is 8. The standard InChI is InChI=1S/C14H28OSi/c1-2-3-4-5-6-11-16-12-8-14(7-10-15)9-13-16/h10,14,16H,2-9,11-13H2,1H3. The number of carbonyl (C=O) groups excluding carboxylic acids is 1. The van der Waals surface area contributed by atoms with Crippen molar-refractivity contribution < 1.29 is 4.79 Å². The van der Waals surface area contributed by atoms with Crippen molar-refractivity contribution in [3.8, 4) is 0 Å². The zero-order chi connectivity index (χ0) is 11.6. The number of unbranched alkanes of at least 4 members (excludes halogenated alkanes) is 4. The van der Waals surface area contributed by atoms with Gasteiger partial charge in [0.15, 0.2) is 0 Å². The summed E-state index contributed by atoms with van der Waals surface area (Å²) in [5, 5.41) is 0. The summed E-state index contributed by atoms with van der Waals surface area (Å²) in [6, 6.07) is 4.62. The minimum absolute atomic E-state index is 0.357. The van der Waals surface area contributed by atoms with E-state index in [1.165, 1.54) is 57.0 Å². The van der Waals surface area contributed by atoms with Crippen LogP contribution in [0.15, 0.2) is 0 Å². The van der Waals surface area contributed by atoms with Crippen LogP contribution in [0, 0.1) is 5.92 Å². The molecule has 1 saturated heterocycles. The Hall–Kier alpha value is -0.113. The summed E-state index contributed by atoms with van der Waals surface area (Å²) in [7, 11) is -0.357. The summed E-state index contributed by atoms with van der Waals surface area (Å²) in [5.41, 5.74) is 0. The molecular formula is C14H28OSi. The molecule has 0 bridgehead atoms. The maximum Gasteiger partial charge on any atom is 0.120 e. The fourth-order valence-corrected chi connectivity index (χ4v) is 6.55. The lowest BCUT2D eigenvalue weighted by Crippen LogP contribution is -2.21. The van der Waals surface area contributed by atoms with Gasteiger partial charge in [0.05, 0.1) is 0 Å². The van der Waals surface area contributed by atoms with Crippen molar-refractivity contribution in [1.82, 2.24) is 0 Å². The molecule has 1 nitrogen and oxygen atoms in total. The molecule has 16 heavy (non-hydrogen) atoms. The number of hydrogen-bond donors (Lipinski definition) is 0. The molecule has 0 saturated carbocycles. The van der Waals surface area contributed by atoms with Crippen LogP contribution in [0.1, 0.15) is 58.3 Å². The summed E-state index contributed by atoms with van der Waals surface area (Å²) in [6.07, 6.45) is 11.9. The highest BCUT2D eigenvalue weighted by Crippen LogP contribution is 2.29. The highest BCUT2D eigenvalue weighted by Gasteiger charge is 2.21. The highest BCUT2D eigenvalue weighted by molar-refractivity contribution is 6.58. The molecule has 0 amide bonds. The van der Waals surface area contributed by atoms with Gasteiger partial charge in [-0.2, -0.15) is 0 Å². The summed E-state index contributed by atoms with van der Waals surface area (Å²) in [5.74, 6) is 0.751. The van der Waals surface area contributed by atoms with Crippen molar-refractivity contribution in [3.05, 3.63) is 0 Å². The Morgan fingerprint density at radius 1 is 1.12 bits per heavy atom. The van der Waals surface area contributed by atoms with Gasteiger partial charge < -0.3 is 4.79 Å². The van der Waals surface area contributed by atoms with Gasteiger partial charge in [0.1, 0.15) is 6.29 Å². The number of aldehydes is 1. The average molecular weight is 240 g/mol. The van der Waals surface area contributed by atoms with E-state index in [0.29, 0.717) is 0 Å². The third-order valence-electron chi connectivity index (χ3n) is 4.11. The molecule has 1 aliphatic heterocycles. The third kappa shape index (κ3) is 5.83. The molecule has 0 aromatic carbocycles. The largest absolute Gasteiger partial charge is 0.303 e. The van der Waals surface area contributed by atoms with Crippen LogP contribution in [-0.4, -0.2) is 15.1 Å². The Morgan fingerprint density at radius 2 is 1.81 bits per heavy atom. The molecule has 1 aliphatic rings. The summed E-state index contributed by atoms with van der Waals surface area (Å²) in [4.78, 5) is 10.4. The lowest BCUT2D eigenvalue weighted by Gasteiger charge is -2.26. The SMILES string of the molecule is CCCCCCC[SiH]1CCC(CC=O)CC1. The first-order chi connectivity index (χ1) is 7.86. The third-order valence-corrected chi connectivity index (χ3v) is 7.64. The Balaban J connectivity index is 1.97. The van der Waals surface area contributed by atoms with Gasteiger partial charge in [-0.1, -0.05) is 70.0 Å². The van der Waals surface area contributed by atoms with E-state index >= 15 is 0 Å². The monoisotopic (exact) mass is 240 g/mol. The van der Waals surface area contributed by atoms with E-state index < -0.39 is 0 Å². The molecule has 94 valence electrons. The number of hydrogen-bond acceptors (Lipinski definition) is 1. The molecule has 1 fully saturated rings. The molecule has 2 heteroatoms. The van der Waals surface area contributed by atoms with Gasteiger partial charge in [-0.25, -0.2) is 0 Å². The first kappa shape index (κ1) is 13.9. The van der Waals surface area contributed by atoms with Gasteiger partial charge in [0, 0.05) is 15.2 Å². The maximum absolute atomic E-state index is 10.4. The smallest absolute Gasteiger partial charge is 0.120 e. The Labute approximate surface area is 103 Å². The van der Waals surface area contributed by atoms with Crippen LogP contribution < -0.4 is 0 Å². The van der Waals surface area contributed by atoms with Crippen molar-refractivity contribution in [2.75, 3.05) is 0 Å². The lowest BCUT2D eigenvalue weighted by atomic mass is 10.00. The van der Waals surface area contributed by atoms with E-state index in [-0.39, 0.29) is 8.80 Å². The van der Waals surface area contributed by atoms with Gasteiger partial charge in [0.2, 0.25) is 0 Å². The molecular weight excluding hydrogens is 212 g/mol. The van der Waals surface area contributed by atoms with Crippen LogP contribution in [0.25, 0.3) is 0 Å². The fourth-order valence-electron chi connectivity index (χ4n) is 2.93. The molecule has 0 aliphatic carbocycles. The molecule has 0 aromatic rings. The predicted octanol–water partition coefficient (Wildman–Crippen LogP) is 4.18. The summed E-state index contributed by atoms with van der Waals surface area (Å²) >= 11 is 0. The molecule has 0 radical (unpaired) electrons. The zero-order valence-electron chi connectivity index (χ0n) is 10.9. The van der Waals surface area contributed by atoms with Crippen LogP contribution in [0.4, 0.5) is 0 Å². The summed E-state index contributed by atoms with van der Waals surface area (Å²) in [6.45, 7) is 2.28. The van der Waals surface area contributed by atoms with Crippen LogP contribution in [0.5, 0.6) is 0 Å². The Kier molecular flexibility index (Phi) is 7.82. The van der Waals surface area contributed by atoms with E-state index in [4.69, 9.17) is 0 Å². The van der Waals surface area contributed by atoms with Crippen molar-refractivity contribution >= 4 is 15.1 Å². The highest BCUT2D eigenvalue weighted by atomic mass is 28.3. The normalized spacial score (nSPS) is 25.6. The van der Waals surface area contributed by atoms with E-state index in [1.807, 2.05) is 0 Å². The predicted molar refractivity (Wildman–Crippen MR) is 73.7 cm³/mol. The minimum atomic E-state index is -0.357.